The SMILES string of the molecule is CC1(C)Cc2cc(-c3[nH]cc4ccccc34)c(C(C)(C)C)c(CC[C@H]3C[C@H](O)CC(=O)O3)c2O1. The van der Waals surface area contributed by atoms with E-state index in [-0.39, 0.29) is 29.5 Å². The number of carbonyl (C=O) groups is 1. The van der Waals surface area contributed by atoms with E-state index in [2.05, 4.69) is 76.1 Å². The summed E-state index contributed by atoms with van der Waals surface area (Å²) < 4.78 is 12.1. The third-order valence-electron chi connectivity index (χ3n) is 7.02. The van der Waals surface area contributed by atoms with Crippen molar-refractivity contribution in [2.24, 2.45) is 0 Å². The fourth-order valence-electron chi connectivity index (χ4n) is 5.75. The zero-order valence-corrected chi connectivity index (χ0v) is 20.8. The molecule has 34 heavy (non-hydrogen) atoms. The van der Waals surface area contributed by atoms with Crippen LogP contribution in [0.2, 0.25) is 0 Å². The second-order valence-electron chi connectivity index (χ2n) is 11.5. The van der Waals surface area contributed by atoms with Crippen molar-refractivity contribution in [3.63, 3.8) is 0 Å². The molecule has 3 heterocycles. The molecular formula is C29H35NO4. The summed E-state index contributed by atoms with van der Waals surface area (Å²) in [5.74, 6) is 0.672. The third kappa shape index (κ3) is 4.22. The highest BCUT2D eigenvalue weighted by Gasteiger charge is 2.37. The van der Waals surface area contributed by atoms with Crippen molar-refractivity contribution in [3.05, 3.63) is 53.2 Å². The number of rotatable bonds is 4. The molecule has 0 saturated carbocycles. The van der Waals surface area contributed by atoms with Crippen molar-refractivity contribution in [1.29, 1.82) is 0 Å². The summed E-state index contributed by atoms with van der Waals surface area (Å²) in [4.78, 5) is 15.5. The standard InChI is InChI=1S/C29H35NO4/c1-28(2,3)25-22(11-10-20-13-19(31)14-24(32)33-20)27-18(15-29(4,5)34-27)12-23(25)26-21-9-7-6-8-17(21)16-30-26/h6-9,12,16,19-20,30-31H,10-11,13-15H2,1-5H3/t19-,20-/m0/s1. The molecule has 0 bridgehead atoms. The summed E-state index contributed by atoms with van der Waals surface area (Å²) in [5, 5.41) is 12.5. The summed E-state index contributed by atoms with van der Waals surface area (Å²) in [5.41, 5.74) is 5.63. The Balaban J connectivity index is 1.65. The van der Waals surface area contributed by atoms with Crippen LogP contribution in [-0.4, -0.2) is 33.9 Å². The molecule has 2 atom stereocenters. The van der Waals surface area contributed by atoms with E-state index in [1.54, 1.807) is 0 Å². The number of aliphatic hydroxyl groups is 1. The van der Waals surface area contributed by atoms with E-state index in [9.17, 15) is 9.90 Å². The van der Waals surface area contributed by atoms with Gasteiger partial charge in [-0.1, -0.05) is 45.0 Å². The van der Waals surface area contributed by atoms with Gasteiger partial charge in [0, 0.05) is 30.0 Å². The van der Waals surface area contributed by atoms with Crippen molar-refractivity contribution in [3.8, 4) is 17.0 Å². The number of fused-ring (bicyclic) bond motifs is 2. The maximum atomic E-state index is 11.9. The van der Waals surface area contributed by atoms with Gasteiger partial charge in [0.25, 0.3) is 0 Å². The first-order valence-electron chi connectivity index (χ1n) is 12.3. The molecule has 0 radical (unpaired) electrons. The summed E-state index contributed by atoms with van der Waals surface area (Å²) >= 11 is 0. The number of ether oxygens (including phenoxy) is 2. The summed E-state index contributed by atoms with van der Waals surface area (Å²) in [6.07, 6.45) is 4.00. The molecule has 0 spiro atoms. The lowest BCUT2D eigenvalue weighted by Gasteiger charge is -2.30. The van der Waals surface area contributed by atoms with Gasteiger partial charge in [0.05, 0.1) is 18.2 Å². The number of benzene rings is 2. The Hall–Kier alpha value is -2.79. The summed E-state index contributed by atoms with van der Waals surface area (Å²) in [6.45, 7) is 11.0. The molecular weight excluding hydrogens is 426 g/mol. The van der Waals surface area contributed by atoms with E-state index in [4.69, 9.17) is 9.47 Å². The molecule has 0 amide bonds. The molecule has 0 aliphatic carbocycles. The van der Waals surface area contributed by atoms with Gasteiger partial charge in [0.2, 0.25) is 0 Å². The molecule has 5 rings (SSSR count). The average Bonchev–Trinajstić information content (AvgIpc) is 3.29. The molecule has 2 aliphatic rings. The van der Waals surface area contributed by atoms with E-state index in [0.717, 1.165) is 24.3 Å². The van der Waals surface area contributed by atoms with Gasteiger partial charge < -0.3 is 19.6 Å². The number of nitrogens with one attached hydrogen (secondary N) is 1. The number of carbonyl (C=O) groups excluding carboxylic acids is 1. The van der Waals surface area contributed by atoms with Crippen molar-refractivity contribution < 1.29 is 19.4 Å². The molecule has 5 heteroatoms. The lowest BCUT2D eigenvalue weighted by Crippen LogP contribution is -2.33. The van der Waals surface area contributed by atoms with Gasteiger partial charge in [-0.2, -0.15) is 0 Å². The first-order chi connectivity index (χ1) is 16.0. The smallest absolute Gasteiger partial charge is 0.308 e. The maximum Gasteiger partial charge on any atom is 0.308 e. The van der Waals surface area contributed by atoms with Crippen LogP contribution in [0.1, 0.15) is 70.6 Å². The molecule has 1 saturated heterocycles. The summed E-state index contributed by atoms with van der Waals surface area (Å²) in [6, 6.07) is 10.8. The Labute approximate surface area is 201 Å². The largest absolute Gasteiger partial charge is 0.487 e. The van der Waals surface area contributed by atoms with Gasteiger partial charge in [-0.05, 0) is 60.2 Å². The van der Waals surface area contributed by atoms with Crippen LogP contribution in [-0.2, 0) is 27.8 Å². The molecule has 0 unspecified atom stereocenters. The predicted molar refractivity (Wildman–Crippen MR) is 134 cm³/mol. The topological polar surface area (TPSA) is 71.5 Å². The molecule has 2 N–H and O–H groups in total. The molecule has 180 valence electrons. The van der Waals surface area contributed by atoms with E-state index in [1.807, 2.05) is 0 Å². The van der Waals surface area contributed by atoms with Gasteiger partial charge in [-0.25, -0.2) is 0 Å². The quantitative estimate of drug-likeness (QED) is 0.479. The first-order valence-corrected chi connectivity index (χ1v) is 12.3. The van der Waals surface area contributed by atoms with Crippen LogP contribution in [0.25, 0.3) is 22.0 Å². The highest BCUT2D eigenvalue weighted by molar-refractivity contribution is 5.97. The van der Waals surface area contributed by atoms with Crippen LogP contribution in [0.15, 0.2) is 36.5 Å². The van der Waals surface area contributed by atoms with Crippen molar-refractivity contribution in [2.75, 3.05) is 0 Å². The van der Waals surface area contributed by atoms with Gasteiger partial charge >= 0.3 is 5.97 Å². The number of cyclic esters (lactones) is 1. The number of esters is 1. The second kappa shape index (κ2) is 8.16. The van der Waals surface area contributed by atoms with Crippen LogP contribution in [0.4, 0.5) is 0 Å². The van der Waals surface area contributed by atoms with E-state index < -0.39 is 6.10 Å². The molecule has 2 aliphatic heterocycles. The Morgan fingerprint density at radius 1 is 1.21 bits per heavy atom. The number of H-pyrrole nitrogens is 1. The number of hydrogen-bond acceptors (Lipinski definition) is 4. The first kappa shape index (κ1) is 23.0. The Morgan fingerprint density at radius 2 is 1.97 bits per heavy atom. The number of aromatic amines is 1. The monoisotopic (exact) mass is 461 g/mol. The van der Waals surface area contributed by atoms with Crippen LogP contribution >= 0.6 is 0 Å². The lowest BCUT2D eigenvalue weighted by atomic mass is 9.76. The van der Waals surface area contributed by atoms with E-state index >= 15 is 0 Å². The number of aliphatic hydroxyl groups excluding tert-OH is 1. The van der Waals surface area contributed by atoms with Crippen LogP contribution < -0.4 is 4.74 Å². The minimum absolute atomic E-state index is 0.0891. The number of aromatic nitrogens is 1. The zero-order chi connectivity index (χ0) is 24.3. The van der Waals surface area contributed by atoms with Crippen molar-refractivity contribution in [2.45, 2.75) is 89.9 Å². The summed E-state index contributed by atoms with van der Waals surface area (Å²) in [7, 11) is 0. The van der Waals surface area contributed by atoms with Gasteiger partial charge in [-0.15, -0.1) is 0 Å². The molecule has 1 aromatic heterocycles. The molecule has 3 aromatic rings. The molecule has 2 aromatic carbocycles. The van der Waals surface area contributed by atoms with Crippen LogP contribution in [0.3, 0.4) is 0 Å². The minimum Gasteiger partial charge on any atom is -0.487 e. The second-order valence-corrected chi connectivity index (χ2v) is 11.5. The van der Waals surface area contributed by atoms with Crippen molar-refractivity contribution >= 4 is 16.7 Å². The van der Waals surface area contributed by atoms with Gasteiger partial charge in [0.15, 0.2) is 0 Å². The van der Waals surface area contributed by atoms with E-state index in [0.29, 0.717) is 12.8 Å². The highest BCUT2D eigenvalue weighted by Crippen LogP contribution is 2.48. The Bertz CT molecular complexity index is 1250. The fraction of sp³-hybridized carbons (Fsp3) is 0.483. The average molecular weight is 462 g/mol. The fourth-order valence-corrected chi connectivity index (χ4v) is 5.75. The molecule has 5 nitrogen and oxygen atoms in total. The van der Waals surface area contributed by atoms with Crippen LogP contribution in [0.5, 0.6) is 5.75 Å². The highest BCUT2D eigenvalue weighted by atomic mass is 16.5. The lowest BCUT2D eigenvalue weighted by molar-refractivity contribution is -0.160. The third-order valence-corrected chi connectivity index (χ3v) is 7.02. The zero-order valence-electron chi connectivity index (χ0n) is 20.8. The Morgan fingerprint density at radius 3 is 2.71 bits per heavy atom. The molecule has 1 fully saturated rings. The van der Waals surface area contributed by atoms with Crippen molar-refractivity contribution in [1.82, 2.24) is 4.98 Å². The maximum absolute atomic E-state index is 11.9. The van der Waals surface area contributed by atoms with Gasteiger partial charge in [0.1, 0.15) is 17.5 Å². The predicted octanol–water partition coefficient (Wildman–Crippen LogP) is 5.85. The van der Waals surface area contributed by atoms with E-state index in [1.165, 1.54) is 33.0 Å². The minimum atomic E-state index is -0.620. The number of hydrogen-bond donors (Lipinski definition) is 2. The Kier molecular flexibility index (Phi) is 5.51. The normalized spacial score (nSPS) is 21.9. The van der Waals surface area contributed by atoms with Gasteiger partial charge in [-0.3, -0.25) is 4.79 Å². The van der Waals surface area contributed by atoms with Crippen LogP contribution in [0, 0.1) is 0 Å².